The molecule has 4 nitrogen and oxygen atoms in total. The van der Waals surface area contributed by atoms with E-state index in [1.807, 2.05) is 0 Å². The van der Waals surface area contributed by atoms with E-state index in [0.29, 0.717) is 12.8 Å². The van der Waals surface area contributed by atoms with Crippen molar-refractivity contribution in [3.63, 3.8) is 0 Å². The minimum atomic E-state index is -0.905. The van der Waals surface area contributed by atoms with E-state index < -0.39 is 17.8 Å². The summed E-state index contributed by atoms with van der Waals surface area (Å²) < 4.78 is 12.8. The molecule has 2 N–H and O–H groups in total. The van der Waals surface area contributed by atoms with E-state index >= 15 is 0 Å². The summed E-state index contributed by atoms with van der Waals surface area (Å²) >= 11 is 0. The van der Waals surface area contributed by atoms with Crippen LogP contribution in [0.5, 0.6) is 0 Å². The number of hydrogen-bond donors (Lipinski definition) is 2. The van der Waals surface area contributed by atoms with Gasteiger partial charge in [-0.15, -0.1) is 0 Å². The molecule has 1 aliphatic rings. The fourth-order valence-corrected chi connectivity index (χ4v) is 2.72. The first kappa shape index (κ1) is 14.5. The van der Waals surface area contributed by atoms with Crippen molar-refractivity contribution in [3.8, 4) is 0 Å². The SMILES string of the molecule is CC(NC(=O)C1CCCC1C(=O)O)c1ccc(F)cc1. The number of carbonyl (C=O) groups is 2. The minimum absolute atomic E-state index is 0.230. The van der Waals surface area contributed by atoms with Crippen LogP contribution in [0.25, 0.3) is 0 Å². The van der Waals surface area contributed by atoms with Crippen molar-refractivity contribution in [2.45, 2.75) is 32.2 Å². The lowest BCUT2D eigenvalue weighted by molar-refractivity contribution is -0.146. The van der Waals surface area contributed by atoms with Gasteiger partial charge in [-0.1, -0.05) is 18.6 Å². The molecule has 108 valence electrons. The van der Waals surface area contributed by atoms with Gasteiger partial charge in [0.1, 0.15) is 5.82 Å². The van der Waals surface area contributed by atoms with E-state index in [1.54, 1.807) is 19.1 Å². The van der Waals surface area contributed by atoms with Crippen LogP contribution in [0.15, 0.2) is 24.3 Å². The van der Waals surface area contributed by atoms with Crippen molar-refractivity contribution < 1.29 is 19.1 Å². The summed E-state index contributed by atoms with van der Waals surface area (Å²) in [4.78, 5) is 23.3. The van der Waals surface area contributed by atoms with Gasteiger partial charge < -0.3 is 10.4 Å². The molecule has 1 saturated carbocycles. The average Bonchev–Trinajstić information content (AvgIpc) is 2.88. The highest BCUT2D eigenvalue weighted by atomic mass is 19.1. The maximum absolute atomic E-state index is 12.8. The lowest BCUT2D eigenvalue weighted by atomic mass is 9.94. The van der Waals surface area contributed by atoms with Crippen molar-refractivity contribution in [2.24, 2.45) is 11.8 Å². The molecule has 20 heavy (non-hydrogen) atoms. The Kier molecular flexibility index (Phi) is 4.37. The molecule has 0 heterocycles. The van der Waals surface area contributed by atoms with Crippen LogP contribution in [-0.2, 0) is 9.59 Å². The number of rotatable bonds is 4. The third-order valence-corrected chi connectivity index (χ3v) is 3.90. The molecule has 1 amide bonds. The fraction of sp³-hybridized carbons (Fsp3) is 0.467. The maximum Gasteiger partial charge on any atom is 0.307 e. The number of amides is 1. The second-order valence-corrected chi connectivity index (χ2v) is 5.26. The highest BCUT2D eigenvalue weighted by Gasteiger charge is 2.38. The van der Waals surface area contributed by atoms with Crippen molar-refractivity contribution >= 4 is 11.9 Å². The average molecular weight is 279 g/mol. The first-order valence-electron chi connectivity index (χ1n) is 6.77. The maximum atomic E-state index is 12.8. The highest BCUT2D eigenvalue weighted by Crippen LogP contribution is 2.32. The molecule has 1 aliphatic carbocycles. The van der Waals surface area contributed by atoms with Crippen molar-refractivity contribution in [3.05, 3.63) is 35.6 Å². The van der Waals surface area contributed by atoms with Crippen molar-refractivity contribution in [1.29, 1.82) is 0 Å². The van der Waals surface area contributed by atoms with Gasteiger partial charge >= 0.3 is 5.97 Å². The smallest absolute Gasteiger partial charge is 0.307 e. The molecule has 0 radical (unpaired) electrons. The zero-order chi connectivity index (χ0) is 14.7. The van der Waals surface area contributed by atoms with Crippen LogP contribution in [0.3, 0.4) is 0 Å². The Morgan fingerprint density at radius 3 is 2.45 bits per heavy atom. The predicted molar refractivity (Wildman–Crippen MR) is 71.4 cm³/mol. The molecule has 1 fully saturated rings. The number of hydrogen-bond acceptors (Lipinski definition) is 2. The van der Waals surface area contributed by atoms with Crippen molar-refractivity contribution in [1.82, 2.24) is 5.32 Å². The van der Waals surface area contributed by atoms with Crippen LogP contribution >= 0.6 is 0 Å². The molecule has 0 aliphatic heterocycles. The molecule has 0 bridgehead atoms. The number of nitrogens with one attached hydrogen (secondary N) is 1. The van der Waals surface area contributed by atoms with E-state index in [0.717, 1.165) is 12.0 Å². The molecule has 0 spiro atoms. The van der Waals surface area contributed by atoms with E-state index in [4.69, 9.17) is 5.11 Å². The summed E-state index contributed by atoms with van der Waals surface area (Å²) in [6.07, 6.45) is 1.93. The summed E-state index contributed by atoms with van der Waals surface area (Å²) in [5, 5.41) is 11.9. The normalized spacial score (nSPS) is 23.3. The van der Waals surface area contributed by atoms with Crippen LogP contribution in [0.4, 0.5) is 4.39 Å². The Labute approximate surface area is 117 Å². The second kappa shape index (κ2) is 6.03. The molecule has 0 aromatic heterocycles. The molecule has 3 unspecified atom stereocenters. The molecule has 5 heteroatoms. The summed E-state index contributed by atoms with van der Waals surface area (Å²) in [5.41, 5.74) is 0.796. The lowest BCUT2D eigenvalue weighted by Crippen LogP contribution is -2.36. The number of benzene rings is 1. The second-order valence-electron chi connectivity index (χ2n) is 5.26. The zero-order valence-electron chi connectivity index (χ0n) is 11.3. The van der Waals surface area contributed by atoms with Gasteiger partial charge in [0, 0.05) is 0 Å². The standard InChI is InChI=1S/C15H18FNO3/c1-9(10-5-7-11(16)8-6-10)17-14(18)12-3-2-4-13(12)15(19)20/h5-9,12-13H,2-4H2,1H3,(H,17,18)(H,19,20). The lowest BCUT2D eigenvalue weighted by Gasteiger charge is -2.20. The zero-order valence-corrected chi connectivity index (χ0v) is 11.3. The van der Waals surface area contributed by atoms with Gasteiger partial charge in [-0.25, -0.2) is 4.39 Å². The first-order valence-corrected chi connectivity index (χ1v) is 6.77. The van der Waals surface area contributed by atoms with E-state index in [1.165, 1.54) is 12.1 Å². The monoisotopic (exact) mass is 279 g/mol. The van der Waals surface area contributed by atoms with Crippen LogP contribution in [0, 0.1) is 17.7 Å². The molecule has 1 aromatic carbocycles. The Morgan fingerprint density at radius 2 is 1.85 bits per heavy atom. The number of carbonyl (C=O) groups excluding carboxylic acids is 1. The van der Waals surface area contributed by atoms with E-state index in [2.05, 4.69) is 5.32 Å². The van der Waals surface area contributed by atoms with Gasteiger partial charge in [0.15, 0.2) is 0 Å². The Morgan fingerprint density at radius 1 is 1.25 bits per heavy atom. The van der Waals surface area contributed by atoms with E-state index in [-0.39, 0.29) is 17.8 Å². The first-order chi connectivity index (χ1) is 9.49. The van der Waals surface area contributed by atoms with Crippen LogP contribution in [-0.4, -0.2) is 17.0 Å². The van der Waals surface area contributed by atoms with Crippen molar-refractivity contribution in [2.75, 3.05) is 0 Å². The topological polar surface area (TPSA) is 66.4 Å². The van der Waals surface area contributed by atoms with Gasteiger partial charge in [-0.05, 0) is 37.5 Å². The van der Waals surface area contributed by atoms with E-state index in [9.17, 15) is 14.0 Å². The number of halogens is 1. The summed E-state index contributed by atoms with van der Waals surface area (Å²) in [6.45, 7) is 1.80. The third-order valence-electron chi connectivity index (χ3n) is 3.90. The molecular weight excluding hydrogens is 261 g/mol. The Balaban J connectivity index is 2.00. The summed E-state index contributed by atoms with van der Waals surface area (Å²) in [5.74, 6) is -2.51. The van der Waals surface area contributed by atoms with Gasteiger partial charge in [-0.3, -0.25) is 9.59 Å². The molecular formula is C15H18FNO3. The fourth-order valence-electron chi connectivity index (χ4n) is 2.72. The highest BCUT2D eigenvalue weighted by molar-refractivity contribution is 5.85. The molecule has 2 rings (SSSR count). The Bertz CT molecular complexity index is 500. The van der Waals surface area contributed by atoms with Gasteiger partial charge in [-0.2, -0.15) is 0 Å². The molecule has 1 aromatic rings. The number of carboxylic acid groups (broad SMARTS) is 1. The summed E-state index contributed by atoms with van der Waals surface area (Å²) in [7, 11) is 0. The number of carboxylic acids is 1. The quantitative estimate of drug-likeness (QED) is 0.890. The summed E-state index contributed by atoms with van der Waals surface area (Å²) in [6, 6.07) is 5.65. The molecule has 0 saturated heterocycles. The van der Waals surface area contributed by atoms with Crippen LogP contribution < -0.4 is 5.32 Å². The van der Waals surface area contributed by atoms with Gasteiger partial charge in [0.05, 0.1) is 17.9 Å². The van der Waals surface area contributed by atoms with Gasteiger partial charge in [0.2, 0.25) is 5.91 Å². The van der Waals surface area contributed by atoms with Crippen LogP contribution in [0.2, 0.25) is 0 Å². The predicted octanol–water partition coefficient (Wildman–Crippen LogP) is 2.50. The number of aliphatic carboxylic acids is 1. The third kappa shape index (κ3) is 3.15. The van der Waals surface area contributed by atoms with Gasteiger partial charge in [0.25, 0.3) is 0 Å². The van der Waals surface area contributed by atoms with Crippen LogP contribution in [0.1, 0.15) is 37.8 Å². The Hall–Kier alpha value is -1.91. The largest absolute Gasteiger partial charge is 0.481 e. The molecule has 3 atom stereocenters. The minimum Gasteiger partial charge on any atom is -0.481 e.